The highest BCUT2D eigenvalue weighted by Gasteiger charge is 2.28. The molecule has 1 nitrogen and oxygen atoms in total. The molecule has 29 heavy (non-hydrogen) atoms. The van der Waals surface area contributed by atoms with E-state index < -0.39 is 0 Å². The van der Waals surface area contributed by atoms with E-state index in [1.807, 2.05) is 0 Å². The molecule has 0 N–H and O–H groups in total. The number of allylic oxidation sites excluding steroid dienone is 4. The maximum atomic E-state index is 5.53. The standard InChI is InChI=1S/C28H22O/c1-28(2)12-6-7-17-13-18-14-24-20-8-4-5-9-21(20)25-15-19(29-3)10-11-22(25)26(24)16-23(18)27(17)28/h4-16H,1-3H3. The van der Waals surface area contributed by atoms with Gasteiger partial charge in [0, 0.05) is 5.41 Å². The van der Waals surface area contributed by atoms with Crippen LogP contribution in [0.1, 0.15) is 13.8 Å². The quantitative estimate of drug-likeness (QED) is 0.393. The summed E-state index contributed by atoms with van der Waals surface area (Å²) in [5.41, 5.74) is 2.82. The van der Waals surface area contributed by atoms with Crippen molar-refractivity contribution in [2.24, 2.45) is 5.41 Å². The molecule has 0 spiro atoms. The van der Waals surface area contributed by atoms with Crippen molar-refractivity contribution >= 4 is 44.0 Å². The zero-order valence-electron chi connectivity index (χ0n) is 16.9. The summed E-state index contributed by atoms with van der Waals surface area (Å²) in [6, 6.07) is 20.0. The fourth-order valence-electron chi connectivity index (χ4n) is 5.18. The van der Waals surface area contributed by atoms with Gasteiger partial charge in [-0.15, -0.1) is 0 Å². The number of methoxy groups -OCH3 is 1. The molecule has 140 valence electrons. The van der Waals surface area contributed by atoms with Gasteiger partial charge in [0.1, 0.15) is 5.75 Å². The van der Waals surface area contributed by atoms with Crippen LogP contribution in [0.5, 0.6) is 5.75 Å². The van der Waals surface area contributed by atoms with Crippen molar-refractivity contribution < 1.29 is 4.74 Å². The molecule has 4 aromatic carbocycles. The van der Waals surface area contributed by atoms with Crippen LogP contribution in [-0.2, 0) is 0 Å². The van der Waals surface area contributed by atoms with Crippen LogP contribution in [0.2, 0.25) is 0 Å². The molecule has 1 heteroatoms. The van der Waals surface area contributed by atoms with Gasteiger partial charge in [-0.1, -0.05) is 62.4 Å². The largest absolute Gasteiger partial charge is 0.497 e. The molecule has 0 heterocycles. The molecule has 0 radical (unpaired) electrons. The molecule has 4 aromatic rings. The number of benzene rings is 4. The van der Waals surface area contributed by atoms with E-state index in [0.717, 1.165) is 5.75 Å². The molecular formula is C28H22O. The average molecular weight is 374 g/mol. The molecule has 0 saturated carbocycles. The fourth-order valence-corrected chi connectivity index (χ4v) is 5.18. The van der Waals surface area contributed by atoms with Crippen LogP contribution in [-0.4, -0.2) is 7.11 Å². The Morgan fingerprint density at radius 2 is 1.45 bits per heavy atom. The number of fused-ring (bicyclic) bond motifs is 8. The van der Waals surface area contributed by atoms with Crippen molar-refractivity contribution in [3.05, 3.63) is 88.8 Å². The molecular weight excluding hydrogens is 352 g/mol. The summed E-state index contributed by atoms with van der Waals surface area (Å²) in [6.07, 6.45) is 9.09. The average Bonchev–Trinajstić information content (AvgIpc) is 3.11. The normalized spacial score (nSPS) is 16.7. The molecule has 0 amide bonds. The van der Waals surface area contributed by atoms with Gasteiger partial charge in [-0.3, -0.25) is 0 Å². The number of hydrogen-bond acceptors (Lipinski definition) is 1. The summed E-state index contributed by atoms with van der Waals surface area (Å²) in [6.45, 7) is 4.62. The molecule has 2 aliphatic carbocycles. The van der Waals surface area contributed by atoms with E-state index in [1.54, 1.807) is 7.11 Å². The minimum Gasteiger partial charge on any atom is -0.497 e. The molecule has 2 aliphatic rings. The van der Waals surface area contributed by atoms with Crippen LogP contribution in [0, 0.1) is 5.41 Å². The minimum absolute atomic E-state index is 0.0371. The predicted octanol–water partition coefficient (Wildman–Crippen LogP) is 5.62. The van der Waals surface area contributed by atoms with Crippen LogP contribution in [0.15, 0.2) is 78.4 Å². The highest BCUT2D eigenvalue weighted by atomic mass is 16.5. The van der Waals surface area contributed by atoms with Gasteiger partial charge in [-0.25, -0.2) is 0 Å². The lowest BCUT2D eigenvalue weighted by atomic mass is 9.77. The first-order chi connectivity index (χ1) is 14.1. The lowest BCUT2D eigenvalue weighted by Gasteiger charge is -2.26. The second-order valence-electron chi connectivity index (χ2n) is 8.66. The lowest BCUT2D eigenvalue weighted by Crippen LogP contribution is -2.27. The smallest absolute Gasteiger partial charge is 0.119 e. The Bertz CT molecular complexity index is 1540. The molecule has 0 atom stereocenters. The Kier molecular flexibility index (Phi) is 3.21. The van der Waals surface area contributed by atoms with Crippen LogP contribution < -0.4 is 15.2 Å². The zero-order chi connectivity index (χ0) is 19.8. The number of ether oxygens (including phenoxy) is 1. The van der Waals surface area contributed by atoms with E-state index in [9.17, 15) is 0 Å². The Labute approximate surface area is 169 Å². The van der Waals surface area contributed by atoms with Crippen molar-refractivity contribution in [1.29, 1.82) is 0 Å². The lowest BCUT2D eigenvalue weighted by molar-refractivity contribution is 0.415. The van der Waals surface area contributed by atoms with Crippen molar-refractivity contribution in [3.8, 4) is 5.75 Å². The molecule has 0 unspecified atom stereocenters. The SMILES string of the molecule is COc1ccc2c(c1)c1ccccc1c1cc3c(cc21)=C1C(=CC=CC1(C)C)C=3. The van der Waals surface area contributed by atoms with Crippen LogP contribution >= 0.6 is 0 Å². The van der Waals surface area contributed by atoms with Gasteiger partial charge in [0.25, 0.3) is 0 Å². The van der Waals surface area contributed by atoms with E-state index in [0.29, 0.717) is 0 Å². The maximum Gasteiger partial charge on any atom is 0.119 e. The summed E-state index contributed by atoms with van der Waals surface area (Å²) in [5.74, 6) is 0.898. The fraction of sp³-hybridized carbons (Fsp3) is 0.143. The third kappa shape index (κ3) is 2.22. The minimum atomic E-state index is 0.0371. The summed E-state index contributed by atoms with van der Waals surface area (Å²) in [7, 11) is 1.73. The van der Waals surface area contributed by atoms with Gasteiger partial charge < -0.3 is 4.74 Å². The van der Waals surface area contributed by atoms with Crippen molar-refractivity contribution in [1.82, 2.24) is 0 Å². The number of hydrogen-bond donors (Lipinski definition) is 0. The van der Waals surface area contributed by atoms with Crippen molar-refractivity contribution in [3.63, 3.8) is 0 Å². The van der Waals surface area contributed by atoms with Gasteiger partial charge in [-0.05, 0) is 84.2 Å². The van der Waals surface area contributed by atoms with Crippen LogP contribution in [0.3, 0.4) is 0 Å². The monoisotopic (exact) mass is 374 g/mol. The molecule has 0 saturated heterocycles. The second kappa shape index (κ2) is 5.61. The highest BCUT2D eigenvalue weighted by Crippen LogP contribution is 2.40. The summed E-state index contributed by atoms with van der Waals surface area (Å²) >= 11 is 0. The van der Waals surface area contributed by atoms with Gasteiger partial charge >= 0.3 is 0 Å². The third-order valence-corrected chi connectivity index (χ3v) is 6.52. The van der Waals surface area contributed by atoms with E-state index in [2.05, 4.69) is 92.7 Å². The van der Waals surface area contributed by atoms with Gasteiger partial charge in [0.05, 0.1) is 7.11 Å². The Balaban J connectivity index is 1.87. The first kappa shape index (κ1) is 16.6. The van der Waals surface area contributed by atoms with Gasteiger partial charge in [0.15, 0.2) is 0 Å². The van der Waals surface area contributed by atoms with Gasteiger partial charge in [-0.2, -0.15) is 0 Å². The second-order valence-corrected chi connectivity index (χ2v) is 8.66. The van der Waals surface area contributed by atoms with Gasteiger partial charge in [0.2, 0.25) is 0 Å². The van der Waals surface area contributed by atoms with E-state index in [-0.39, 0.29) is 5.41 Å². The summed E-state index contributed by atoms with van der Waals surface area (Å²) < 4.78 is 5.53. The zero-order valence-corrected chi connectivity index (χ0v) is 16.9. The molecule has 0 aromatic heterocycles. The van der Waals surface area contributed by atoms with Crippen molar-refractivity contribution in [2.75, 3.05) is 7.11 Å². The molecule has 0 aliphatic heterocycles. The maximum absolute atomic E-state index is 5.53. The summed E-state index contributed by atoms with van der Waals surface area (Å²) in [5, 5.41) is 10.4. The van der Waals surface area contributed by atoms with E-state index >= 15 is 0 Å². The molecule has 0 fully saturated rings. The highest BCUT2D eigenvalue weighted by molar-refractivity contribution is 6.25. The first-order valence-electron chi connectivity index (χ1n) is 10.2. The third-order valence-electron chi connectivity index (χ3n) is 6.52. The van der Waals surface area contributed by atoms with E-state index in [1.165, 1.54) is 53.9 Å². The predicted molar refractivity (Wildman–Crippen MR) is 124 cm³/mol. The Morgan fingerprint density at radius 3 is 2.21 bits per heavy atom. The van der Waals surface area contributed by atoms with E-state index in [4.69, 9.17) is 4.74 Å². The first-order valence-corrected chi connectivity index (χ1v) is 10.2. The molecule has 0 bridgehead atoms. The Hall–Kier alpha value is -3.32. The number of rotatable bonds is 1. The van der Waals surface area contributed by atoms with Crippen LogP contribution in [0.4, 0.5) is 0 Å². The Morgan fingerprint density at radius 1 is 0.759 bits per heavy atom. The summed E-state index contributed by atoms with van der Waals surface area (Å²) in [4.78, 5) is 0. The molecule has 6 rings (SSSR count). The van der Waals surface area contributed by atoms with Crippen molar-refractivity contribution in [2.45, 2.75) is 13.8 Å². The van der Waals surface area contributed by atoms with Crippen LogP contribution in [0.25, 0.3) is 44.0 Å². The topological polar surface area (TPSA) is 9.23 Å².